The summed E-state index contributed by atoms with van der Waals surface area (Å²) in [6.45, 7) is 10.0. The smallest absolute Gasteiger partial charge is 0.225 e. The fourth-order valence-electron chi connectivity index (χ4n) is 3.75. The van der Waals surface area contributed by atoms with Gasteiger partial charge in [-0.05, 0) is 38.1 Å². The first-order chi connectivity index (χ1) is 13.7. The Morgan fingerprint density at radius 1 is 0.964 bits per heavy atom. The van der Waals surface area contributed by atoms with Crippen LogP contribution in [0.2, 0.25) is 0 Å². The molecule has 0 saturated carbocycles. The molecule has 2 saturated heterocycles. The molecule has 3 heterocycles. The summed E-state index contributed by atoms with van der Waals surface area (Å²) >= 11 is 0. The van der Waals surface area contributed by atoms with Crippen molar-refractivity contribution in [1.29, 1.82) is 0 Å². The maximum atomic E-state index is 5.82. The quantitative estimate of drug-likeness (QED) is 0.851. The van der Waals surface area contributed by atoms with Gasteiger partial charge in [0.1, 0.15) is 0 Å². The van der Waals surface area contributed by atoms with Crippen molar-refractivity contribution >= 4 is 17.3 Å². The molecule has 4 rings (SSSR count). The van der Waals surface area contributed by atoms with Crippen LogP contribution in [0.4, 0.5) is 17.3 Å². The number of benzene rings is 1. The van der Waals surface area contributed by atoms with Crippen LogP contribution in [0.1, 0.15) is 19.4 Å². The Balaban J connectivity index is 1.31. The highest BCUT2D eigenvalue weighted by molar-refractivity contribution is 5.55. The summed E-state index contributed by atoms with van der Waals surface area (Å²) in [6, 6.07) is 8.60. The molecule has 1 N–H and O–H groups in total. The molecule has 28 heavy (non-hydrogen) atoms. The predicted molar refractivity (Wildman–Crippen MR) is 111 cm³/mol. The van der Waals surface area contributed by atoms with E-state index >= 15 is 0 Å². The van der Waals surface area contributed by atoms with Gasteiger partial charge in [0.05, 0.1) is 25.4 Å². The zero-order chi connectivity index (χ0) is 19.3. The zero-order valence-corrected chi connectivity index (χ0v) is 16.7. The molecular weight excluding hydrogens is 354 g/mol. The second-order valence-electron chi connectivity index (χ2n) is 7.55. The van der Waals surface area contributed by atoms with Gasteiger partial charge in [-0.15, -0.1) is 0 Å². The summed E-state index contributed by atoms with van der Waals surface area (Å²) in [5.74, 6) is 0.783. The van der Waals surface area contributed by atoms with Gasteiger partial charge in [-0.2, -0.15) is 0 Å². The highest BCUT2D eigenvalue weighted by Crippen LogP contribution is 2.22. The molecule has 1 aromatic heterocycles. The van der Waals surface area contributed by atoms with Gasteiger partial charge < -0.3 is 24.6 Å². The van der Waals surface area contributed by atoms with Crippen molar-refractivity contribution in [1.82, 2.24) is 9.97 Å². The van der Waals surface area contributed by atoms with Crippen LogP contribution in [0.3, 0.4) is 0 Å². The first-order valence-electron chi connectivity index (χ1n) is 10.1. The minimum absolute atomic E-state index is 0.266. The summed E-state index contributed by atoms with van der Waals surface area (Å²) in [4.78, 5) is 13.6. The van der Waals surface area contributed by atoms with Crippen LogP contribution < -0.4 is 15.1 Å². The van der Waals surface area contributed by atoms with E-state index in [1.54, 1.807) is 0 Å². The van der Waals surface area contributed by atoms with E-state index in [-0.39, 0.29) is 12.2 Å². The number of rotatable bonds is 5. The van der Waals surface area contributed by atoms with Gasteiger partial charge in [0.15, 0.2) is 0 Å². The number of hydrogen-bond acceptors (Lipinski definition) is 7. The normalized spacial score (nSPS) is 22.9. The lowest BCUT2D eigenvalue weighted by molar-refractivity contribution is -0.00521. The summed E-state index contributed by atoms with van der Waals surface area (Å²) < 4.78 is 11.2. The first-order valence-corrected chi connectivity index (χ1v) is 10.1. The molecule has 0 bridgehead atoms. The molecule has 0 spiro atoms. The van der Waals surface area contributed by atoms with E-state index in [1.165, 1.54) is 5.69 Å². The summed E-state index contributed by atoms with van der Waals surface area (Å²) in [7, 11) is 0. The Labute approximate surface area is 166 Å². The largest absolute Gasteiger partial charge is 0.381 e. The standard InChI is InChI=1S/C21H29N5O2/c1-16-14-26(15-17(2)28-16)20-5-3-19(4-6-20)22-11-18-12-23-21(24-13-18)25-7-9-27-10-8-25/h3-6,12-13,16-17,22H,7-11,14-15H2,1-2H3/t16-,17+. The zero-order valence-electron chi connectivity index (χ0n) is 16.7. The molecular formula is C21H29N5O2. The SMILES string of the molecule is C[C@@H]1CN(c2ccc(NCc3cnc(N4CCOCC4)nc3)cc2)C[C@H](C)O1. The molecule has 2 aromatic rings. The van der Waals surface area contributed by atoms with Crippen LogP contribution in [0, 0.1) is 0 Å². The molecule has 1 aromatic carbocycles. The number of nitrogens with zero attached hydrogens (tertiary/aromatic N) is 4. The van der Waals surface area contributed by atoms with Gasteiger partial charge in [0.25, 0.3) is 0 Å². The second-order valence-corrected chi connectivity index (χ2v) is 7.55. The number of anilines is 3. The fraction of sp³-hybridized carbons (Fsp3) is 0.524. The molecule has 2 aliphatic rings. The summed E-state index contributed by atoms with van der Waals surface area (Å²) in [5, 5.41) is 3.45. The van der Waals surface area contributed by atoms with Crippen molar-refractivity contribution in [3.63, 3.8) is 0 Å². The maximum absolute atomic E-state index is 5.82. The Morgan fingerprint density at radius 3 is 2.25 bits per heavy atom. The van der Waals surface area contributed by atoms with Gasteiger partial charge in [-0.25, -0.2) is 9.97 Å². The van der Waals surface area contributed by atoms with E-state index in [9.17, 15) is 0 Å². The van der Waals surface area contributed by atoms with Crippen LogP contribution in [-0.2, 0) is 16.0 Å². The molecule has 0 unspecified atom stereocenters. The van der Waals surface area contributed by atoms with Crippen molar-refractivity contribution in [3.8, 4) is 0 Å². The Kier molecular flexibility index (Phi) is 5.92. The molecule has 2 fully saturated rings. The lowest BCUT2D eigenvalue weighted by Crippen LogP contribution is -2.45. The molecule has 2 aliphatic heterocycles. The van der Waals surface area contributed by atoms with Gasteiger partial charge in [0.2, 0.25) is 5.95 Å². The third-order valence-electron chi connectivity index (χ3n) is 5.13. The monoisotopic (exact) mass is 383 g/mol. The number of ether oxygens (including phenoxy) is 2. The van der Waals surface area contributed by atoms with E-state index in [4.69, 9.17) is 9.47 Å². The minimum Gasteiger partial charge on any atom is -0.381 e. The average Bonchev–Trinajstić information content (AvgIpc) is 2.73. The van der Waals surface area contributed by atoms with Crippen LogP contribution in [0.25, 0.3) is 0 Å². The number of nitrogens with one attached hydrogen (secondary N) is 1. The highest BCUT2D eigenvalue weighted by atomic mass is 16.5. The molecule has 7 nitrogen and oxygen atoms in total. The topological polar surface area (TPSA) is 62.8 Å². The Hall–Kier alpha value is -2.38. The third-order valence-corrected chi connectivity index (χ3v) is 5.13. The van der Waals surface area contributed by atoms with Crippen molar-refractivity contribution in [3.05, 3.63) is 42.2 Å². The lowest BCUT2D eigenvalue weighted by atomic mass is 10.2. The molecule has 0 radical (unpaired) electrons. The maximum Gasteiger partial charge on any atom is 0.225 e. The van der Waals surface area contributed by atoms with Crippen LogP contribution in [-0.4, -0.2) is 61.6 Å². The van der Waals surface area contributed by atoms with E-state index in [0.717, 1.165) is 56.6 Å². The highest BCUT2D eigenvalue weighted by Gasteiger charge is 2.22. The van der Waals surface area contributed by atoms with E-state index in [0.29, 0.717) is 6.54 Å². The van der Waals surface area contributed by atoms with Crippen molar-refractivity contribution in [2.24, 2.45) is 0 Å². The van der Waals surface area contributed by atoms with Gasteiger partial charge in [0, 0.05) is 62.1 Å². The van der Waals surface area contributed by atoms with Crippen LogP contribution >= 0.6 is 0 Å². The Morgan fingerprint density at radius 2 is 1.61 bits per heavy atom. The van der Waals surface area contributed by atoms with Crippen LogP contribution in [0.15, 0.2) is 36.7 Å². The van der Waals surface area contributed by atoms with Crippen molar-refractivity contribution in [2.75, 3.05) is 54.5 Å². The average molecular weight is 383 g/mol. The van der Waals surface area contributed by atoms with Gasteiger partial charge in [-0.3, -0.25) is 0 Å². The van der Waals surface area contributed by atoms with Gasteiger partial charge in [-0.1, -0.05) is 0 Å². The lowest BCUT2D eigenvalue weighted by Gasteiger charge is -2.36. The third kappa shape index (κ3) is 4.72. The van der Waals surface area contributed by atoms with Gasteiger partial charge >= 0.3 is 0 Å². The van der Waals surface area contributed by atoms with E-state index in [1.807, 2.05) is 12.4 Å². The molecule has 0 aliphatic carbocycles. The second kappa shape index (κ2) is 8.75. The van der Waals surface area contributed by atoms with Crippen LogP contribution in [0.5, 0.6) is 0 Å². The summed E-state index contributed by atoms with van der Waals surface area (Å²) in [6.07, 6.45) is 4.33. The minimum atomic E-state index is 0.266. The number of morpholine rings is 2. The first kappa shape index (κ1) is 19.0. The molecule has 150 valence electrons. The molecule has 0 amide bonds. The van der Waals surface area contributed by atoms with Crippen molar-refractivity contribution < 1.29 is 9.47 Å². The fourth-order valence-corrected chi connectivity index (χ4v) is 3.75. The number of aromatic nitrogens is 2. The van der Waals surface area contributed by atoms with E-state index < -0.39 is 0 Å². The Bertz CT molecular complexity index is 736. The molecule has 2 atom stereocenters. The predicted octanol–water partition coefficient (Wildman–Crippen LogP) is 2.54. The van der Waals surface area contributed by atoms with E-state index in [2.05, 4.69) is 63.2 Å². The summed E-state index contributed by atoms with van der Waals surface area (Å²) in [5.41, 5.74) is 3.40. The molecule has 7 heteroatoms. The number of hydrogen-bond donors (Lipinski definition) is 1. The van der Waals surface area contributed by atoms with Crippen molar-refractivity contribution in [2.45, 2.75) is 32.6 Å².